The van der Waals surface area contributed by atoms with Gasteiger partial charge < -0.3 is 10.1 Å². The molecule has 0 radical (unpaired) electrons. The van der Waals surface area contributed by atoms with Crippen molar-refractivity contribution < 1.29 is 9.53 Å². The van der Waals surface area contributed by atoms with E-state index >= 15 is 0 Å². The summed E-state index contributed by atoms with van der Waals surface area (Å²) in [5, 5.41) is 3.59. The normalized spacial score (nSPS) is 40.9. The van der Waals surface area contributed by atoms with E-state index in [1.807, 2.05) is 0 Å². The maximum absolute atomic E-state index is 12.2. The Hall–Kier alpha value is -1.09. The fraction of sp³-hybridized carbons (Fsp3) is 0.688. The number of hydrogen-bond acceptors (Lipinski definition) is 3. The molecule has 2 saturated heterocycles. The molecule has 0 aromatic heterocycles. The Morgan fingerprint density at radius 2 is 2.26 bits per heavy atom. The largest absolute Gasteiger partial charge is 0.469 e. The summed E-state index contributed by atoms with van der Waals surface area (Å²) in [5.41, 5.74) is 1.34. The van der Waals surface area contributed by atoms with E-state index in [9.17, 15) is 4.79 Å². The average molecular weight is 261 g/mol. The summed E-state index contributed by atoms with van der Waals surface area (Å²) >= 11 is 0. The summed E-state index contributed by atoms with van der Waals surface area (Å²) in [6.07, 6.45) is 11.3. The summed E-state index contributed by atoms with van der Waals surface area (Å²) in [4.78, 5) is 12.2. The first-order chi connectivity index (χ1) is 9.19. The topological polar surface area (TPSA) is 38.3 Å². The molecule has 0 aromatic rings. The molecule has 104 valence electrons. The van der Waals surface area contributed by atoms with Crippen LogP contribution in [-0.4, -0.2) is 25.2 Å². The molecule has 0 amide bonds. The fourth-order valence-electron chi connectivity index (χ4n) is 4.07. The van der Waals surface area contributed by atoms with Gasteiger partial charge in [0.2, 0.25) is 0 Å². The molecule has 2 bridgehead atoms. The monoisotopic (exact) mass is 261 g/mol. The van der Waals surface area contributed by atoms with Crippen molar-refractivity contribution in [3.8, 4) is 0 Å². The molecule has 4 unspecified atom stereocenters. The lowest BCUT2D eigenvalue weighted by Crippen LogP contribution is -2.50. The molecule has 0 saturated carbocycles. The molecule has 0 aromatic carbocycles. The molecular formula is C16H23NO2. The minimum absolute atomic E-state index is 0.0254. The lowest BCUT2D eigenvalue weighted by atomic mass is 9.71. The van der Waals surface area contributed by atoms with Crippen molar-refractivity contribution in [1.82, 2.24) is 5.32 Å². The van der Waals surface area contributed by atoms with Crippen LogP contribution in [0.2, 0.25) is 0 Å². The summed E-state index contributed by atoms with van der Waals surface area (Å²) < 4.78 is 5.06. The lowest BCUT2D eigenvalue weighted by molar-refractivity contribution is -0.150. The van der Waals surface area contributed by atoms with Gasteiger partial charge in [-0.25, -0.2) is 0 Å². The standard InChI is InChI=1S/C16H23NO2/c1-10-3-5-11(6-4-10)13-9-12-7-8-14(17-12)15(13)16(18)19-2/h3-5,11-15,17H,6-9H2,1-2H3/t11?,12?,13-,14?,15?/m1/s1. The maximum Gasteiger partial charge on any atom is 0.310 e. The summed E-state index contributed by atoms with van der Waals surface area (Å²) in [6.45, 7) is 2.14. The molecule has 19 heavy (non-hydrogen) atoms. The minimum Gasteiger partial charge on any atom is -0.469 e. The number of methoxy groups -OCH3 is 1. The summed E-state index contributed by atoms with van der Waals surface area (Å²) in [6, 6.07) is 0.938. The maximum atomic E-state index is 12.2. The van der Waals surface area contributed by atoms with Crippen LogP contribution in [0.5, 0.6) is 0 Å². The molecule has 2 fully saturated rings. The fourth-order valence-corrected chi connectivity index (χ4v) is 4.07. The van der Waals surface area contributed by atoms with E-state index in [-0.39, 0.29) is 11.9 Å². The number of carbonyl (C=O) groups is 1. The summed E-state index contributed by atoms with van der Waals surface area (Å²) in [7, 11) is 1.52. The molecule has 0 spiro atoms. The van der Waals surface area contributed by atoms with E-state index < -0.39 is 0 Å². The third kappa shape index (κ3) is 2.36. The van der Waals surface area contributed by atoms with E-state index in [2.05, 4.69) is 30.5 Å². The Kier molecular flexibility index (Phi) is 3.48. The first kappa shape index (κ1) is 12.9. The molecule has 1 aliphatic carbocycles. The first-order valence-corrected chi connectivity index (χ1v) is 7.38. The van der Waals surface area contributed by atoms with Gasteiger partial charge >= 0.3 is 5.97 Å². The number of ether oxygens (including phenoxy) is 1. The predicted octanol–water partition coefficient (Wildman–Crippen LogP) is 2.44. The molecule has 1 N–H and O–H groups in total. The number of nitrogens with one attached hydrogen (secondary N) is 1. The quantitative estimate of drug-likeness (QED) is 0.776. The van der Waals surface area contributed by atoms with Crippen LogP contribution in [0.3, 0.4) is 0 Å². The predicted molar refractivity (Wildman–Crippen MR) is 74.6 cm³/mol. The van der Waals surface area contributed by atoms with Gasteiger partial charge in [-0.3, -0.25) is 4.79 Å². The molecule has 3 nitrogen and oxygen atoms in total. The molecule has 2 aliphatic heterocycles. The molecule has 5 atom stereocenters. The van der Waals surface area contributed by atoms with Gasteiger partial charge in [0.25, 0.3) is 0 Å². The van der Waals surface area contributed by atoms with Crippen LogP contribution in [0.15, 0.2) is 23.8 Å². The highest BCUT2D eigenvalue weighted by molar-refractivity contribution is 5.74. The Bertz CT molecular complexity index is 426. The minimum atomic E-state index is -0.0254. The zero-order valence-corrected chi connectivity index (χ0v) is 11.8. The van der Waals surface area contributed by atoms with Gasteiger partial charge in [0.1, 0.15) is 0 Å². The van der Waals surface area contributed by atoms with Crippen molar-refractivity contribution in [2.24, 2.45) is 17.8 Å². The third-order valence-corrected chi connectivity index (χ3v) is 5.07. The first-order valence-electron chi connectivity index (χ1n) is 7.38. The molecular weight excluding hydrogens is 238 g/mol. The summed E-state index contributed by atoms with van der Waals surface area (Å²) in [5.74, 6) is 0.942. The second-order valence-corrected chi connectivity index (χ2v) is 6.20. The zero-order valence-electron chi connectivity index (χ0n) is 11.8. The highest BCUT2D eigenvalue weighted by Gasteiger charge is 2.47. The van der Waals surface area contributed by atoms with Gasteiger partial charge in [-0.05, 0) is 44.4 Å². The van der Waals surface area contributed by atoms with Crippen molar-refractivity contribution in [3.63, 3.8) is 0 Å². The average Bonchev–Trinajstić information content (AvgIpc) is 2.80. The number of esters is 1. The number of hydrogen-bond donors (Lipinski definition) is 1. The van der Waals surface area contributed by atoms with Crippen molar-refractivity contribution in [3.05, 3.63) is 23.8 Å². The van der Waals surface area contributed by atoms with Crippen molar-refractivity contribution in [1.29, 1.82) is 0 Å². The SMILES string of the molecule is COC(=O)C1C2CCC(C[C@@H]1C1C=CC(C)=CC1)N2. The van der Waals surface area contributed by atoms with Crippen LogP contribution in [-0.2, 0) is 9.53 Å². The second kappa shape index (κ2) is 5.12. The van der Waals surface area contributed by atoms with E-state index in [4.69, 9.17) is 4.74 Å². The van der Waals surface area contributed by atoms with Crippen LogP contribution in [0.4, 0.5) is 0 Å². The van der Waals surface area contributed by atoms with Gasteiger partial charge in [-0.15, -0.1) is 0 Å². The van der Waals surface area contributed by atoms with Crippen LogP contribution >= 0.6 is 0 Å². The van der Waals surface area contributed by atoms with Gasteiger partial charge in [-0.1, -0.05) is 23.8 Å². The molecule has 3 aliphatic rings. The van der Waals surface area contributed by atoms with E-state index in [0.29, 0.717) is 23.9 Å². The highest BCUT2D eigenvalue weighted by Crippen LogP contribution is 2.42. The van der Waals surface area contributed by atoms with Crippen LogP contribution < -0.4 is 5.32 Å². The van der Waals surface area contributed by atoms with Crippen molar-refractivity contribution >= 4 is 5.97 Å². The van der Waals surface area contributed by atoms with E-state index in [1.165, 1.54) is 19.1 Å². The highest BCUT2D eigenvalue weighted by atomic mass is 16.5. The second-order valence-electron chi connectivity index (χ2n) is 6.20. The van der Waals surface area contributed by atoms with E-state index in [0.717, 1.165) is 19.3 Å². The molecule has 3 rings (SSSR count). The van der Waals surface area contributed by atoms with Crippen LogP contribution in [0, 0.1) is 17.8 Å². The Morgan fingerprint density at radius 3 is 2.95 bits per heavy atom. The number of fused-ring (bicyclic) bond motifs is 2. The van der Waals surface area contributed by atoms with Crippen molar-refractivity contribution in [2.75, 3.05) is 7.11 Å². The molecule has 2 heterocycles. The molecule has 3 heteroatoms. The smallest absolute Gasteiger partial charge is 0.310 e. The van der Waals surface area contributed by atoms with Crippen molar-refractivity contribution in [2.45, 2.75) is 44.7 Å². The lowest BCUT2D eigenvalue weighted by Gasteiger charge is -2.39. The Morgan fingerprint density at radius 1 is 1.42 bits per heavy atom. The van der Waals surface area contributed by atoms with Gasteiger partial charge in [0, 0.05) is 12.1 Å². The van der Waals surface area contributed by atoms with Gasteiger partial charge in [0.05, 0.1) is 13.0 Å². The van der Waals surface area contributed by atoms with Crippen LogP contribution in [0.25, 0.3) is 0 Å². The zero-order chi connectivity index (χ0) is 13.4. The number of carbonyl (C=O) groups excluding carboxylic acids is 1. The Labute approximate surface area is 115 Å². The van der Waals surface area contributed by atoms with E-state index in [1.54, 1.807) is 0 Å². The third-order valence-electron chi connectivity index (χ3n) is 5.07. The van der Waals surface area contributed by atoms with Gasteiger partial charge in [-0.2, -0.15) is 0 Å². The number of allylic oxidation sites excluding steroid dienone is 4. The van der Waals surface area contributed by atoms with Crippen LogP contribution in [0.1, 0.15) is 32.6 Å². The number of rotatable bonds is 2. The van der Waals surface area contributed by atoms with Gasteiger partial charge in [0.15, 0.2) is 0 Å². The Balaban J connectivity index is 1.81. The number of piperidine rings is 1.